The molecule has 1 aromatic heterocycles. The van der Waals surface area contributed by atoms with Crippen LogP contribution < -0.4 is 4.74 Å². The molecule has 244 valence electrons. The molecule has 0 unspecified atom stereocenters. The fourth-order valence-corrected chi connectivity index (χ4v) is 4.88. The third-order valence-corrected chi connectivity index (χ3v) is 7.35. The molecule has 3 aromatic carbocycles. The number of carbonyl (C=O) groups is 4. The Bertz CT molecular complexity index is 1630. The van der Waals surface area contributed by atoms with Crippen molar-refractivity contribution in [2.24, 2.45) is 0 Å². The van der Waals surface area contributed by atoms with Crippen molar-refractivity contribution in [2.75, 3.05) is 13.7 Å². The van der Waals surface area contributed by atoms with Crippen molar-refractivity contribution in [1.82, 2.24) is 4.57 Å². The normalized spacial score (nSPS) is 10.2. The summed E-state index contributed by atoms with van der Waals surface area (Å²) in [6, 6.07) is 18.1. The Kier molecular flexibility index (Phi) is 15.8. The lowest BCUT2D eigenvalue weighted by molar-refractivity contribution is -0.137. The number of aromatic nitrogens is 1. The number of nitrogens with zero attached hydrogens (tertiary/aromatic N) is 1. The molecule has 0 aliphatic heterocycles. The zero-order valence-electron chi connectivity index (χ0n) is 27.6. The van der Waals surface area contributed by atoms with E-state index in [0.717, 1.165) is 72.4 Å². The van der Waals surface area contributed by atoms with Crippen molar-refractivity contribution in [3.8, 4) is 18.6 Å². The highest BCUT2D eigenvalue weighted by Gasteiger charge is 2.17. The fraction of sp³-hybridized carbons (Fsp3) is 0.368. The van der Waals surface area contributed by atoms with E-state index in [1.54, 1.807) is 24.3 Å². The van der Waals surface area contributed by atoms with Crippen LogP contribution in [0.3, 0.4) is 0 Å². The van der Waals surface area contributed by atoms with E-state index < -0.39 is 6.16 Å². The minimum atomic E-state index is -0.751. The number of ketones is 2. The van der Waals surface area contributed by atoms with Gasteiger partial charge in [0.05, 0.1) is 13.7 Å². The predicted octanol–water partition coefficient (Wildman–Crippen LogP) is 8.94. The summed E-state index contributed by atoms with van der Waals surface area (Å²) in [5.74, 6) is 0.107. The summed E-state index contributed by atoms with van der Waals surface area (Å²) in [5.41, 5.74) is 3.84. The van der Waals surface area contributed by atoms with Gasteiger partial charge >= 0.3 is 12.1 Å². The van der Waals surface area contributed by atoms with Gasteiger partial charge in [0, 0.05) is 58.4 Å². The number of rotatable bonds is 13. The van der Waals surface area contributed by atoms with E-state index >= 15 is 0 Å². The number of unbranched alkanes of at least 4 members (excludes halogenated alkanes) is 4. The number of benzene rings is 3. The van der Waals surface area contributed by atoms with Crippen LogP contribution in [-0.2, 0) is 20.8 Å². The van der Waals surface area contributed by atoms with Crippen LogP contribution in [0.25, 0.3) is 21.8 Å². The molecule has 0 aliphatic carbocycles. The van der Waals surface area contributed by atoms with Gasteiger partial charge < -0.3 is 18.8 Å². The smallest absolute Gasteiger partial charge is 0.469 e. The van der Waals surface area contributed by atoms with Gasteiger partial charge in [0.25, 0.3) is 0 Å². The maximum Gasteiger partial charge on any atom is 0.513 e. The van der Waals surface area contributed by atoms with Crippen LogP contribution in [0.4, 0.5) is 4.79 Å². The number of methoxy groups -OCH3 is 1. The molecule has 4 rings (SSSR count). The van der Waals surface area contributed by atoms with Crippen molar-refractivity contribution in [1.29, 1.82) is 0 Å². The summed E-state index contributed by atoms with van der Waals surface area (Å²) in [4.78, 5) is 47.6. The standard InChI is InChI=1S/C33H37NO5.C3H6O2.C2H2/c1-4-7-9-10-11-31(35)24-14-18-29-27(21-24)28-22-25(15-19-30(28)34(29)6-3)32(36)23-12-16-26(17-13-23)39-33(37)38-20-8-5-2;1-3(4)5-2;1-2/h12-19,21-22H,4-11,20H2,1-3H3;1-2H3;1-2H. The van der Waals surface area contributed by atoms with Gasteiger partial charge in [0.15, 0.2) is 11.6 Å². The molecule has 1 heterocycles. The van der Waals surface area contributed by atoms with Gasteiger partial charge in [-0.3, -0.25) is 14.4 Å². The highest BCUT2D eigenvalue weighted by Crippen LogP contribution is 2.32. The lowest BCUT2D eigenvalue weighted by Gasteiger charge is -2.07. The zero-order chi connectivity index (χ0) is 34.1. The minimum absolute atomic E-state index is 0.130. The number of esters is 1. The molecule has 8 heteroatoms. The maximum absolute atomic E-state index is 13.4. The van der Waals surface area contributed by atoms with Crippen LogP contribution in [0, 0.1) is 12.8 Å². The summed E-state index contributed by atoms with van der Waals surface area (Å²) >= 11 is 0. The first-order chi connectivity index (χ1) is 22.2. The first-order valence-electron chi connectivity index (χ1n) is 15.7. The Morgan fingerprint density at radius 3 is 1.80 bits per heavy atom. The number of carbonyl (C=O) groups excluding carboxylic acids is 4. The van der Waals surface area contributed by atoms with Gasteiger partial charge in [-0.15, -0.1) is 12.8 Å². The molecule has 0 bridgehead atoms. The third kappa shape index (κ3) is 10.3. The molecule has 0 saturated heterocycles. The number of ether oxygens (including phenoxy) is 3. The summed E-state index contributed by atoms with van der Waals surface area (Å²) in [5, 5.41) is 1.93. The molecule has 0 radical (unpaired) electrons. The second kappa shape index (κ2) is 19.5. The SMILES string of the molecule is C#C.CCCCCCC(=O)c1ccc2c(c1)c1cc(C(=O)c3ccc(OC(=O)OCCCC)cc3)ccc1n2CC.COC(C)=O. The van der Waals surface area contributed by atoms with Gasteiger partial charge in [0.1, 0.15) is 5.75 Å². The molecular weight excluding hydrogens is 582 g/mol. The van der Waals surface area contributed by atoms with Crippen molar-refractivity contribution < 1.29 is 33.4 Å². The molecule has 0 saturated carbocycles. The Morgan fingerprint density at radius 1 is 0.717 bits per heavy atom. The van der Waals surface area contributed by atoms with E-state index in [2.05, 4.69) is 36.0 Å². The lowest BCUT2D eigenvalue weighted by Crippen LogP contribution is -2.11. The largest absolute Gasteiger partial charge is 0.513 e. The van der Waals surface area contributed by atoms with Crippen molar-refractivity contribution in [3.63, 3.8) is 0 Å². The van der Waals surface area contributed by atoms with Crippen molar-refractivity contribution in [3.05, 3.63) is 77.4 Å². The number of fused-ring (bicyclic) bond motifs is 3. The monoisotopic (exact) mass is 627 g/mol. The van der Waals surface area contributed by atoms with Crippen molar-refractivity contribution >= 4 is 45.5 Å². The zero-order valence-corrected chi connectivity index (χ0v) is 27.6. The topological polar surface area (TPSA) is 101 Å². The molecule has 0 spiro atoms. The average molecular weight is 628 g/mol. The van der Waals surface area contributed by atoms with Crippen LogP contribution in [0.5, 0.6) is 5.75 Å². The van der Waals surface area contributed by atoms with Gasteiger partial charge in [-0.1, -0.05) is 39.5 Å². The van der Waals surface area contributed by atoms with Crippen LogP contribution >= 0.6 is 0 Å². The van der Waals surface area contributed by atoms with Gasteiger partial charge in [0.2, 0.25) is 0 Å². The average Bonchev–Trinajstić information content (AvgIpc) is 3.40. The minimum Gasteiger partial charge on any atom is -0.469 e. The molecule has 4 aromatic rings. The summed E-state index contributed by atoms with van der Waals surface area (Å²) in [6.45, 7) is 8.72. The van der Waals surface area contributed by atoms with E-state index in [1.807, 2.05) is 43.3 Å². The van der Waals surface area contributed by atoms with Gasteiger partial charge in [-0.05, 0) is 80.4 Å². The second-order valence-corrected chi connectivity index (χ2v) is 10.5. The highest BCUT2D eigenvalue weighted by molar-refractivity contribution is 6.15. The molecule has 8 nitrogen and oxygen atoms in total. The molecule has 46 heavy (non-hydrogen) atoms. The Hall–Kier alpha value is -4.90. The predicted molar refractivity (Wildman–Crippen MR) is 183 cm³/mol. The first kappa shape index (κ1) is 37.3. The summed E-state index contributed by atoms with van der Waals surface area (Å²) in [7, 11) is 1.35. The number of hydrogen-bond donors (Lipinski definition) is 0. The highest BCUT2D eigenvalue weighted by atomic mass is 16.7. The quantitative estimate of drug-likeness (QED) is 0.0479. The first-order valence-corrected chi connectivity index (χ1v) is 15.7. The number of hydrogen-bond acceptors (Lipinski definition) is 7. The van der Waals surface area contributed by atoms with Gasteiger partial charge in [-0.25, -0.2) is 4.79 Å². The number of Topliss-reactive ketones (excluding diaryl/α,β-unsaturated/α-hetero) is 1. The van der Waals surface area contributed by atoms with Gasteiger partial charge in [-0.2, -0.15) is 0 Å². The van der Waals surface area contributed by atoms with Crippen LogP contribution in [0.1, 0.15) is 98.9 Å². The van der Waals surface area contributed by atoms with Crippen LogP contribution in [-0.4, -0.2) is 42.0 Å². The summed E-state index contributed by atoms with van der Waals surface area (Å²) < 4.78 is 16.5. The Labute approximate surface area is 272 Å². The second-order valence-electron chi connectivity index (χ2n) is 10.5. The summed E-state index contributed by atoms with van der Waals surface area (Å²) in [6.07, 6.45) is 13.8. The molecule has 0 aliphatic rings. The van der Waals surface area contributed by atoms with E-state index in [9.17, 15) is 19.2 Å². The lowest BCUT2D eigenvalue weighted by atomic mass is 9.99. The van der Waals surface area contributed by atoms with Crippen molar-refractivity contribution in [2.45, 2.75) is 79.2 Å². The number of aryl methyl sites for hydroxylation is 1. The Balaban J connectivity index is 0.000000959. The molecule has 0 amide bonds. The fourth-order valence-electron chi connectivity index (χ4n) is 4.88. The van der Waals surface area contributed by atoms with E-state index in [1.165, 1.54) is 14.0 Å². The molecular formula is C38H45NO7. The molecule has 0 N–H and O–H groups in total. The Morgan fingerprint density at radius 2 is 1.26 bits per heavy atom. The van der Waals surface area contributed by atoms with E-state index in [0.29, 0.717) is 29.9 Å². The van der Waals surface area contributed by atoms with Crippen LogP contribution in [0.2, 0.25) is 0 Å². The molecule has 0 atom stereocenters. The molecule has 0 fully saturated rings. The number of terminal acetylenes is 1. The van der Waals surface area contributed by atoms with Crippen LogP contribution in [0.15, 0.2) is 60.7 Å². The third-order valence-electron chi connectivity index (χ3n) is 7.35. The van der Waals surface area contributed by atoms with E-state index in [-0.39, 0.29) is 17.5 Å². The maximum atomic E-state index is 13.4. The van der Waals surface area contributed by atoms with E-state index in [4.69, 9.17) is 9.47 Å².